The Kier molecular flexibility index (Phi) is 10.7. The Labute approximate surface area is 288 Å². The molecule has 1 saturated heterocycles. The Morgan fingerprint density at radius 2 is 1.69 bits per heavy atom. The summed E-state index contributed by atoms with van der Waals surface area (Å²) in [6, 6.07) is 5.05. The summed E-state index contributed by atoms with van der Waals surface area (Å²) < 4.78 is 22.9. The van der Waals surface area contributed by atoms with Gasteiger partial charge in [0, 0.05) is 44.9 Å². The molecule has 12 nitrogen and oxygen atoms in total. The highest BCUT2D eigenvalue weighted by molar-refractivity contribution is 5.95. The summed E-state index contributed by atoms with van der Waals surface area (Å²) in [5.41, 5.74) is 1.15. The van der Waals surface area contributed by atoms with Crippen molar-refractivity contribution in [3.8, 4) is 0 Å². The van der Waals surface area contributed by atoms with Crippen LogP contribution in [0.25, 0.3) is 0 Å². The lowest BCUT2D eigenvalue weighted by Crippen LogP contribution is -2.58. The van der Waals surface area contributed by atoms with Crippen molar-refractivity contribution in [1.29, 1.82) is 0 Å². The molecular weight excluding hydrogens is 629 g/mol. The van der Waals surface area contributed by atoms with Gasteiger partial charge in [0.2, 0.25) is 17.7 Å². The molecule has 3 amide bonds. The van der Waals surface area contributed by atoms with Crippen LogP contribution in [0.1, 0.15) is 88.7 Å². The van der Waals surface area contributed by atoms with E-state index in [4.69, 9.17) is 4.74 Å². The van der Waals surface area contributed by atoms with Crippen molar-refractivity contribution in [3.05, 3.63) is 47.5 Å². The SMILES string of the molecule is CO[C@@H](C)C(=O)N[C@@H](C(=O)N1CCN(C)[C@H](C)C1)[C@@H](C)c1ccc(NC(=O)[C@@H](NC(O)c2ccnn2C2CC2)C(C2CC2)C2CC2)c(F)c1. The molecule has 3 saturated carbocycles. The summed E-state index contributed by atoms with van der Waals surface area (Å²) in [5, 5.41) is 24.6. The van der Waals surface area contributed by atoms with Crippen LogP contribution in [0.5, 0.6) is 0 Å². The second kappa shape index (κ2) is 14.8. The number of aliphatic hydroxyl groups is 1. The van der Waals surface area contributed by atoms with Gasteiger partial charge in [-0.05, 0) is 101 Å². The summed E-state index contributed by atoms with van der Waals surface area (Å²) in [6.45, 7) is 7.19. The number of rotatable bonds is 15. The predicted molar refractivity (Wildman–Crippen MR) is 182 cm³/mol. The van der Waals surface area contributed by atoms with Gasteiger partial charge in [-0.2, -0.15) is 5.10 Å². The first-order chi connectivity index (χ1) is 23.5. The van der Waals surface area contributed by atoms with Gasteiger partial charge in [0.1, 0.15) is 24.2 Å². The van der Waals surface area contributed by atoms with Crippen LogP contribution >= 0.6 is 0 Å². The van der Waals surface area contributed by atoms with Gasteiger partial charge < -0.3 is 30.3 Å². The molecule has 49 heavy (non-hydrogen) atoms. The average Bonchev–Trinajstić information content (AvgIpc) is 3.96. The van der Waals surface area contributed by atoms with Gasteiger partial charge in [0.15, 0.2) is 0 Å². The molecule has 2 aromatic rings. The number of amides is 3. The van der Waals surface area contributed by atoms with Crippen molar-refractivity contribution in [2.45, 2.75) is 102 Å². The number of likely N-dealkylation sites (N-methyl/N-ethyl adjacent to an activating group) is 1. The zero-order chi connectivity index (χ0) is 35.0. The molecule has 1 unspecified atom stereocenters. The minimum Gasteiger partial charge on any atom is -0.373 e. The normalized spacial score (nSPS) is 23.1. The lowest BCUT2D eigenvalue weighted by atomic mass is 9.88. The van der Waals surface area contributed by atoms with E-state index in [9.17, 15) is 19.5 Å². The van der Waals surface area contributed by atoms with E-state index in [-0.39, 0.29) is 29.6 Å². The van der Waals surface area contributed by atoms with E-state index in [0.717, 1.165) is 38.5 Å². The maximum absolute atomic E-state index is 15.9. The minimum atomic E-state index is -1.10. The first kappa shape index (κ1) is 35.4. The highest BCUT2D eigenvalue weighted by Crippen LogP contribution is 2.51. The number of halogens is 1. The molecule has 4 fully saturated rings. The molecule has 3 aliphatic carbocycles. The van der Waals surface area contributed by atoms with Crippen LogP contribution < -0.4 is 16.0 Å². The molecule has 13 heteroatoms. The molecule has 0 radical (unpaired) electrons. The standard InChI is InChI=1S/C36H52FN7O5/c1-20-19-43(17-16-42(20)4)36(48)31(40-33(45)22(3)49-5)21(2)25-10-13-28(27(37)18-25)39-35(47)32(30(23-6-7-23)24-8-9-24)41-34(46)29-14-15-38-44(29)26-11-12-26/h10,13-15,18,20-24,26,30-32,34,41,46H,6-9,11-12,16-17,19H2,1-5H3,(H,39,47)(H,40,45)/t20-,21+,22+,31-,32+,34?/m1/s1. The number of hydrogen-bond donors (Lipinski definition) is 4. The van der Waals surface area contributed by atoms with Gasteiger partial charge in [0.05, 0.1) is 23.5 Å². The Balaban J connectivity index is 1.20. The third-order valence-corrected chi connectivity index (χ3v) is 11.0. The molecule has 1 aromatic heterocycles. The number of piperazine rings is 1. The van der Waals surface area contributed by atoms with Crippen molar-refractivity contribution in [2.24, 2.45) is 17.8 Å². The molecule has 1 aromatic carbocycles. The number of ether oxygens (including phenoxy) is 1. The van der Waals surface area contributed by atoms with Gasteiger partial charge in [-0.15, -0.1) is 0 Å². The van der Waals surface area contributed by atoms with E-state index in [0.29, 0.717) is 42.7 Å². The zero-order valence-electron chi connectivity index (χ0n) is 29.3. The monoisotopic (exact) mass is 681 g/mol. The summed E-state index contributed by atoms with van der Waals surface area (Å²) in [6.07, 6.45) is 5.97. The molecule has 268 valence electrons. The number of methoxy groups -OCH3 is 1. The van der Waals surface area contributed by atoms with Crippen LogP contribution in [0.2, 0.25) is 0 Å². The summed E-state index contributed by atoms with van der Waals surface area (Å²) in [7, 11) is 3.44. The average molecular weight is 682 g/mol. The number of anilines is 1. The van der Waals surface area contributed by atoms with Crippen LogP contribution in [-0.2, 0) is 19.1 Å². The zero-order valence-corrected chi connectivity index (χ0v) is 29.3. The molecule has 0 spiro atoms. The Hall–Kier alpha value is -3.39. The third kappa shape index (κ3) is 8.16. The van der Waals surface area contributed by atoms with Gasteiger partial charge in [-0.3, -0.25) is 24.4 Å². The fourth-order valence-corrected chi connectivity index (χ4v) is 7.22. The first-order valence-corrected chi connectivity index (χ1v) is 17.9. The number of carbonyl (C=O) groups excluding carboxylic acids is 3. The van der Waals surface area contributed by atoms with Gasteiger partial charge >= 0.3 is 0 Å². The van der Waals surface area contributed by atoms with Gasteiger partial charge in [-0.1, -0.05) is 13.0 Å². The van der Waals surface area contributed by atoms with E-state index < -0.39 is 48.0 Å². The number of aliphatic hydroxyl groups excluding tert-OH is 1. The molecule has 4 aliphatic rings. The van der Waals surface area contributed by atoms with Crippen molar-refractivity contribution >= 4 is 23.4 Å². The second-order valence-corrected chi connectivity index (χ2v) is 14.7. The largest absolute Gasteiger partial charge is 0.373 e. The number of aromatic nitrogens is 2. The van der Waals surface area contributed by atoms with Crippen LogP contribution in [0.3, 0.4) is 0 Å². The molecule has 6 atom stereocenters. The minimum absolute atomic E-state index is 0.0171. The Bertz CT molecular complexity index is 1500. The highest BCUT2D eigenvalue weighted by atomic mass is 19.1. The number of carbonyl (C=O) groups is 3. The Morgan fingerprint density at radius 3 is 2.29 bits per heavy atom. The van der Waals surface area contributed by atoms with Crippen LogP contribution in [0, 0.1) is 23.6 Å². The summed E-state index contributed by atoms with van der Waals surface area (Å²) in [4.78, 5) is 44.7. The molecule has 4 N–H and O–H groups in total. The molecule has 6 rings (SSSR count). The summed E-state index contributed by atoms with van der Waals surface area (Å²) in [5.74, 6) is -1.46. The van der Waals surface area contributed by atoms with Gasteiger partial charge in [-0.25, -0.2) is 4.39 Å². The second-order valence-electron chi connectivity index (χ2n) is 14.7. The lowest BCUT2D eigenvalue weighted by Gasteiger charge is -2.40. The molecule has 2 heterocycles. The van der Waals surface area contributed by atoms with E-state index in [1.807, 2.05) is 18.7 Å². The van der Waals surface area contributed by atoms with Crippen molar-refractivity contribution < 1.29 is 28.6 Å². The van der Waals surface area contributed by atoms with E-state index in [1.165, 1.54) is 19.2 Å². The van der Waals surface area contributed by atoms with E-state index >= 15 is 4.39 Å². The topological polar surface area (TPSA) is 141 Å². The van der Waals surface area contributed by atoms with Gasteiger partial charge in [0.25, 0.3) is 0 Å². The predicted octanol–water partition coefficient (Wildman–Crippen LogP) is 3.17. The van der Waals surface area contributed by atoms with E-state index in [2.05, 4.69) is 25.9 Å². The molecule has 1 aliphatic heterocycles. The fourth-order valence-electron chi connectivity index (χ4n) is 7.22. The van der Waals surface area contributed by atoms with Crippen molar-refractivity contribution in [3.63, 3.8) is 0 Å². The number of nitrogens with zero attached hydrogens (tertiary/aromatic N) is 4. The maximum Gasteiger partial charge on any atom is 0.249 e. The summed E-state index contributed by atoms with van der Waals surface area (Å²) >= 11 is 0. The Morgan fingerprint density at radius 1 is 1.00 bits per heavy atom. The maximum atomic E-state index is 15.9. The van der Waals surface area contributed by atoms with Crippen LogP contribution in [0.4, 0.5) is 10.1 Å². The van der Waals surface area contributed by atoms with Crippen LogP contribution in [0.15, 0.2) is 30.5 Å². The third-order valence-electron chi connectivity index (χ3n) is 11.0. The lowest BCUT2D eigenvalue weighted by molar-refractivity contribution is -0.141. The smallest absolute Gasteiger partial charge is 0.249 e. The van der Waals surface area contributed by atoms with Crippen LogP contribution in [-0.4, -0.2) is 100 Å². The highest BCUT2D eigenvalue weighted by Gasteiger charge is 2.48. The number of benzene rings is 1. The number of nitrogens with one attached hydrogen (secondary N) is 3. The molecule has 0 bridgehead atoms. The molecular formula is C36H52FN7O5. The van der Waals surface area contributed by atoms with Crippen molar-refractivity contribution in [1.82, 2.24) is 30.2 Å². The quantitative estimate of drug-likeness (QED) is 0.210. The van der Waals surface area contributed by atoms with Crippen molar-refractivity contribution in [2.75, 3.05) is 39.1 Å². The van der Waals surface area contributed by atoms with E-state index in [1.54, 1.807) is 37.1 Å². The first-order valence-electron chi connectivity index (χ1n) is 17.9. The fraction of sp³-hybridized carbons (Fsp3) is 0.667. The number of hydrogen-bond acceptors (Lipinski definition) is 8.